The second kappa shape index (κ2) is 11.0. The number of carbonyl (C=O) groups is 1. The summed E-state index contributed by atoms with van der Waals surface area (Å²) in [7, 11) is 0. The number of rotatable bonds is 8. The molecular formula is C27H23IN2O4. The van der Waals surface area contributed by atoms with E-state index < -0.39 is 5.91 Å². The van der Waals surface area contributed by atoms with Crippen molar-refractivity contribution in [3.05, 3.63) is 99.1 Å². The summed E-state index contributed by atoms with van der Waals surface area (Å²) in [5, 5.41) is 16.2. The first-order valence-electron chi connectivity index (χ1n) is 10.7. The van der Waals surface area contributed by atoms with Gasteiger partial charge in [-0.05, 0) is 75.7 Å². The standard InChI is InChI=1S/C27H23IN2O4/c1-2-33-25-15-18(16-29-30-27(32)22-12-5-6-13-24(22)31)14-23(28)26(25)34-17-20-10-7-9-19-8-3-4-11-21(19)20/h3-16,31H,2,17H2,1H3,(H,30,32)/b29-16+. The molecule has 0 fully saturated rings. The summed E-state index contributed by atoms with van der Waals surface area (Å²) in [6.45, 7) is 2.79. The molecule has 0 aromatic heterocycles. The fraction of sp³-hybridized carbons (Fsp3) is 0.111. The molecule has 6 nitrogen and oxygen atoms in total. The van der Waals surface area contributed by atoms with E-state index in [1.165, 1.54) is 23.7 Å². The molecule has 0 aliphatic carbocycles. The number of halogens is 1. The van der Waals surface area contributed by atoms with Gasteiger partial charge in [-0.2, -0.15) is 5.10 Å². The number of phenols is 1. The van der Waals surface area contributed by atoms with Crippen LogP contribution in [-0.4, -0.2) is 23.8 Å². The molecule has 0 bridgehead atoms. The maximum atomic E-state index is 12.2. The number of hydrazone groups is 1. The van der Waals surface area contributed by atoms with Crippen LogP contribution in [0, 0.1) is 3.57 Å². The number of amides is 1. The van der Waals surface area contributed by atoms with Crippen LogP contribution in [0.25, 0.3) is 10.8 Å². The molecule has 0 aliphatic heterocycles. The van der Waals surface area contributed by atoms with Crippen molar-refractivity contribution >= 4 is 45.5 Å². The average Bonchev–Trinajstić information content (AvgIpc) is 2.84. The van der Waals surface area contributed by atoms with Gasteiger partial charge in [0.15, 0.2) is 11.5 Å². The monoisotopic (exact) mass is 566 g/mol. The number of aromatic hydroxyl groups is 1. The number of benzene rings is 4. The van der Waals surface area contributed by atoms with Crippen LogP contribution in [-0.2, 0) is 6.61 Å². The molecule has 0 unspecified atom stereocenters. The summed E-state index contributed by atoms with van der Waals surface area (Å²) >= 11 is 2.20. The zero-order chi connectivity index (χ0) is 23.9. The maximum Gasteiger partial charge on any atom is 0.275 e. The third-order valence-electron chi connectivity index (χ3n) is 5.11. The number of phenolic OH excluding ortho intramolecular Hbond substituents is 1. The molecule has 0 aliphatic rings. The first-order chi connectivity index (χ1) is 16.6. The first kappa shape index (κ1) is 23.6. The predicted molar refractivity (Wildman–Crippen MR) is 142 cm³/mol. The maximum absolute atomic E-state index is 12.2. The second-order valence-corrected chi connectivity index (χ2v) is 8.57. The smallest absolute Gasteiger partial charge is 0.275 e. The summed E-state index contributed by atoms with van der Waals surface area (Å²) in [5.74, 6) is 0.661. The molecule has 2 N–H and O–H groups in total. The Labute approximate surface area is 211 Å². The van der Waals surface area contributed by atoms with Crippen molar-refractivity contribution in [3.8, 4) is 17.2 Å². The molecule has 0 saturated heterocycles. The highest BCUT2D eigenvalue weighted by Crippen LogP contribution is 2.35. The Kier molecular flexibility index (Phi) is 7.64. The van der Waals surface area contributed by atoms with Gasteiger partial charge in [0.1, 0.15) is 12.4 Å². The number of ether oxygens (including phenoxy) is 2. The fourth-order valence-corrected chi connectivity index (χ4v) is 4.31. The van der Waals surface area contributed by atoms with Crippen molar-refractivity contribution in [1.82, 2.24) is 5.43 Å². The molecule has 0 spiro atoms. The molecular weight excluding hydrogens is 543 g/mol. The van der Waals surface area contributed by atoms with Crippen LogP contribution in [0.1, 0.15) is 28.4 Å². The van der Waals surface area contributed by atoms with E-state index in [9.17, 15) is 9.90 Å². The van der Waals surface area contributed by atoms with Crippen molar-refractivity contribution in [3.63, 3.8) is 0 Å². The normalized spacial score (nSPS) is 11.0. The molecule has 7 heteroatoms. The van der Waals surface area contributed by atoms with Gasteiger partial charge in [-0.25, -0.2) is 5.43 Å². The fourth-order valence-electron chi connectivity index (χ4n) is 3.53. The van der Waals surface area contributed by atoms with Crippen LogP contribution < -0.4 is 14.9 Å². The van der Waals surface area contributed by atoms with Gasteiger partial charge in [0.2, 0.25) is 0 Å². The topological polar surface area (TPSA) is 80.2 Å². The minimum absolute atomic E-state index is 0.101. The summed E-state index contributed by atoms with van der Waals surface area (Å²) in [6.07, 6.45) is 1.52. The molecule has 172 valence electrons. The summed E-state index contributed by atoms with van der Waals surface area (Å²) in [6, 6.07) is 24.4. The summed E-state index contributed by atoms with van der Waals surface area (Å²) < 4.78 is 12.9. The molecule has 0 radical (unpaired) electrons. The van der Waals surface area contributed by atoms with Crippen molar-refractivity contribution < 1.29 is 19.4 Å². The van der Waals surface area contributed by atoms with Gasteiger partial charge in [-0.1, -0.05) is 54.6 Å². The number of hydrogen-bond acceptors (Lipinski definition) is 5. The second-order valence-electron chi connectivity index (χ2n) is 7.41. The largest absolute Gasteiger partial charge is 0.507 e. The molecule has 1 amide bonds. The number of nitrogens with one attached hydrogen (secondary N) is 1. The van der Waals surface area contributed by atoms with E-state index in [2.05, 4.69) is 57.4 Å². The van der Waals surface area contributed by atoms with Gasteiger partial charge < -0.3 is 14.6 Å². The number of para-hydroxylation sites is 1. The predicted octanol–water partition coefficient (Wildman–Crippen LogP) is 5.89. The van der Waals surface area contributed by atoms with E-state index in [0.717, 1.165) is 20.1 Å². The van der Waals surface area contributed by atoms with E-state index >= 15 is 0 Å². The quantitative estimate of drug-likeness (QED) is 0.158. The van der Waals surface area contributed by atoms with E-state index in [-0.39, 0.29) is 11.3 Å². The highest BCUT2D eigenvalue weighted by atomic mass is 127. The van der Waals surface area contributed by atoms with Gasteiger partial charge in [-0.15, -0.1) is 0 Å². The molecule has 4 aromatic carbocycles. The van der Waals surface area contributed by atoms with Gasteiger partial charge in [0.25, 0.3) is 5.91 Å². The Hall–Kier alpha value is -3.59. The number of nitrogens with zero attached hydrogens (tertiary/aromatic N) is 1. The van der Waals surface area contributed by atoms with Crippen LogP contribution in [0.5, 0.6) is 17.2 Å². The number of hydrogen-bond donors (Lipinski definition) is 2. The Morgan fingerprint density at radius 2 is 1.79 bits per heavy atom. The summed E-state index contributed by atoms with van der Waals surface area (Å²) in [4.78, 5) is 12.2. The molecule has 34 heavy (non-hydrogen) atoms. The van der Waals surface area contributed by atoms with Gasteiger partial charge in [-0.3, -0.25) is 4.79 Å². The molecule has 0 saturated carbocycles. The Bertz CT molecular complexity index is 1350. The molecule has 4 aromatic rings. The average molecular weight is 566 g/mol. The van der Waals surface area contributed by atoms with Gasteiger partial charge in [0, 0.05) is 0 Å². The van der Waals surface area contributed by atoms with E-state index in [0.29, 0.717) is 24.7 Å². The zero-order valence-electron chi connectivity index (χ0n) is 18.5. The highest BCUT2D eigenvalue weighted by Gasteiger charge is 2.13. The lowest BCUT2D eigenvalue weighted by atomic mass is 10.1. The Morgan fingerprint density at radius 3 is 2.62 bits per heavy atom. The van der Waals surface area contributed by atoms with E-state index in [1.807, 2.05) is 37.3 Å². The van der Waals surface area contributed by atoms with Crippen LogP contribution in [0.15, 0.2) is 84.0 Å². The van der Waals surface area contributed by atoms with Crippen molar-refractivity contribution in [2.24, 2.45) is 5.10 Å². The SMILES string of the molecule is CCOc1cc(/C=N/NC(=O)c2ccccc2O)cc(I)c1OCc1cccc2ccccc12. The summed E-state index contributed by atoms with van der Waals surface area (Å²) in [5.41, 5.74) is 4.42. The zero-order valence-corrected chi connectivity index (χ0v) is 20.7. The van der Waals surface area contributed by atoms with Gasteiger partial charge in [0.05, 0.1) is 22.0 Å². The van der Waals surface area contributed by atoms with Gasteiger partial charge >= 0.3 is 0 Å². The van der Waals surface area contributed by atoms with E-state index in [1.54, 1.807) is 12.1 Å². The minimum atomic E-state index is -0.496. The van der Waals surface area contributed by atoms with Crippen LogP contribution in [0.2, 0.25) is 0 Å². The van der Waals surface area contributed by atoms with Crippen molar-refractivity contribution in [2.75, 3.05) is 6.61 Å². The Balaban J connectivity index is 1.51. The molecule has 0 heterocycles. The number of carbonyl (C=O) groups excluding carboxylic acids is 1. The third kappa shape index (κ3) is 5.48. The Morgan fingerprint density at radius 1 is 1.03 bits per heavy atom. The van der Waals surface area contributed by atoms with Crippen molar-refractivity contribution in [1.29, 1.82) is 0 Å². The molecule has 0 atom stereocenters. The van der Waals surface area contributed by atoms with Crippen LogP contribution in [0.3, 0.4) is 0 Å². The lowest BCUT2D eigenvalue weighted by Gasteiger charge is -2.15. The van der Waals surface area contributed by atoms with Crippen LogP contribution >= 0.6 is 22.6 Å². The lowest BCUT2D eigenvalue weighted by molar-refractivity contribution is 0.0952. The number of fused-ring (bicyclic) bond motifs is 1. The van der Waals surface area contributed by atoms with Crippen LogP contribution in [0.4, 0.5) is 0 Å². The first-order valence-corrected chi connectivity index (χ1v) is 11.8. The minimum Gasteiger partial charge on any atom is -0.507 e. The molecule has 4 rings (SSSR count). The third-order valence-corrected chi connectivity index (χ3v) is 5.91. The van der Waals surface area contributed by atoms with Crippen molar-refractivity contribution in [2.45, 2.75) is 13.5 Å². The highest BCUT2D eigenvalue weighted by molar-refractivity contribution is 14.1. The lowest BCUT2D eigenvalue weighted by Crippen LogP contribution is -2.17. The van der Waals surface area contributed by atoms with E-state index in [4.69, 9.17) is 9.47 Å².